The maximum absolute atomic E-state index is 3.60. The van der Waals surface area contributed by atoms with E-state index in [4.69, 9.17) is 0 Å². The van der Waals surface area contributed by atoms with E-state index in [0.717, 1.165) is 25.2 Å². The summed E-state index contributed by atoms with van der Waals surface area (Å²) in [6.07, 6.45) is 18.6. The van der Waals surface area contributed by atoms with Crippen LogP contribution in [0, 0.1) is 32.3 Å². The van der Waals surface area contributed by atoms with Gasteiger partial charge in [0.15, 0.2) is 0 Å². The smallest absolute Gasteiger partial charge is 1.00 e. The van der Waals surface area contributed by atoms with Gasteiger partial charge in [0.25, 0.3) is 0 Å². The molecule has 4 aromatic rings. The molecule has 4 heteroatoms. The van der Waals surface area contributed by atoms with Crippen molar-refractivity contribution in [2.75, 3.05) is 0 Å². The summed E-state index contributed by atoms with van der Waals surface area (Å²) in [5.41, 5.74) is 7.09. The Bertz CT molecular complexity index is 1070. The molecule has 230 valence electrons. The fraction of sp³-hybridized carbons (Fsp3) is 0.275. The first kappa shape index (κ1) is 47.2. The van der Waals surface area contributed by atoms with Crippen LogP contribution in [0.5, 0.6) is 0 Å². The van der Waals surface area contributed by atoms with Gasteiger partial charge >= 0.3 is 51.7 Å². The first-order chi connectivity index (χ1) is 19.7. The van der Waals surface area contributed by atoms with Gasteiger partial charge in [-0.15, -0.1) is 24.1 Å². The van der Waals surface area contributed by atoms with Crippen molar-refractivity contribution in [3.63, 3.8) is 0 Å². The van der Waals surface area contributed by atoms with Crippen molar-refractivity contribution in [2.45, 2.75) is 65.2 Å². The van der Waals surface area contributed by atoms with Crippen LogP contribution in [0.25, 0.3) is 11.1 Å². The number of hydrogen-bond acceptors (Lipinski definition) is 0. The molecule has 44 heavy (non-hydrogen) atoms. The summed E-state index contributed by atoms with van der Waals surface area (Å²) in [7, 11) is 0. The van der Waals surface area contributed by atoms with E-state index in [0.29, 0.717) is 0 Å². The Balaban J connectivity index is -0.000000482. The molecule has 0 saturated heterocycles. The average molecular weight is 957 g/mol. The van der Waals surface area contributed by atoms with Crippen LogP contribution in [0.2, 0.25) is 0 Å². The quantitative estimate of drug-likeness (QED) is 0.160. The van der Waals surface area contributed by atoms with Gasteiger partial charge in [-0.3, -0.25) is 0 Å². The number of allylic oxidation sites excluding steroid dienone is 4. The number of unbranched alkanes of at least 4 members (excludes halogenated alkanes) is 2. The van der Waals surface area contributed by atoms with Gasteiger partial charge in [0.05, 0.1) is 0 Å². The molecule has 0 aliphatic heterocycles. The Kier molecular flexibility index (Phi) is 34.1. The molecule has 3 aliphatic rings. The van der Waals surface area contributed by atoms with E-state index in [-0.39, 0.29) is 76.5 Å². The van der Waals surface area contributed by atoms with E-state index in [9.17, 15) is 0 Å². The van der Waals surface area contributed by atoms with Crippen LogP contribution < -0.4 is 24.8 Å². The maximum Gasteiger partial charge on any atom is 4.00 e. The van der Waals surface area contributed by atoms with E-state index >= 15 is 0 Å². The fourth-order valence-corrected chi connectivity index (χ4v) is 4.30. The Morgan fingerprint density at radius 1 is 0.773 bits per heavy atom. The number of fused-ring (bicyclic) bond motifs is 4. The zero-order valence-electron chi connectivity index (χ0n) is 26.5. The summed E-state index contributed by atoms with van der Waals surface area (Å²) in [6.45, 7) is 11.4. The maximum atomic E-state index is 3.60. The molecule has 1 fully saturated rings. The number of rotatable bonds is 2. The number of hydrogen-bond donors (Lipinski definition) is 0. The average Bonchev–Trinajstić information content (AvgIpc) is 3.86. The van der Waals surface area contributed by atoms with Crippen LogP contribution in [-0.4, -0.2) is 0 Å². The molecule has 0 N–H and O–H groups in total. The Morgan fingerprint density at radius 3 is 1.82 bits per heavy atom. The second kappa shape index (κ2) is 31.8. The third-order valence-electron chi connectivity index (χ3n) is 6.65. The molecule has 1 saturated carbocycles. The summed E-state index contributed by atoms with van der Waals surface area (Å²) in [5, 5.41) is 0. The summed E-state index contributed by atoms with van der Waals surface area (Å²) in [6, 6.07) is 38.1. The minimum Gasteiger partial charge on any atom is -1.00 e. The van der Waals surface area contributed by atoms with Gasteiger partial charge in [0.2, 0.25) is 0 Å². The van der Waals surface area contributed by atoms with Crippen LogP contribution in [0.3, 0.4) is 0 Å². The van der Waals surface area contributed by atoms with Gasteiger partial charge in [-0.25, -0.2) is 42.3 Å². The minimum absolute atomic E-state index is 0. The van der Waals surface area contributed by atoms with Gasteiger partial charge in [0, 0.05) is 0 Å². The van der Waals surface area contributed by atoms with Crippen molar-refractivity contribution in [3.8, 4) is 11.1 Å². The van der Waals surface area contributed by atoms with Crippen LogP contribution in [0.4, 0.5) is 0 Å². The first-order valence-corrected chi connectivity index (χ1v) is 14.9. The van der Waals surface area contributed by atoms with E-state index in [1.807, 2.05) is 66.7 Å². The van der Waals surface area contributed by atoms with Crippen molar-refractivity contribution in [3.05, 3.63) is 164 Å². The number of halogens is 2. The predicted molar refractivity (Wildman–Crippen MR) is 177 cm³/mol. The molecule has 0 radical (unpaired) electrons. The van der Waals surface area contributed by atoms with Crippen molar-refractivity contribution in [2.24, 2.45) is 5.92 Å². The van der Waals surface area contributed by atoms with E-state index in [1.54, 1.807) is 5.57 Å². The molecule has 0 spiro atoms. The summed E-state index contributed by atoms with van der Waals surface area (Å²) in [5.74, 6) is 0.884. The summed E-state index contributed by atoms with van der Waals surface area (Å²) < 4.78 is 0. The molecule has 0 amide bonds. The molecule has 1 atom stereocenters. The summed E-state index contributed by atoms with van der Waals surface area (Å²) in [4.78, 5) is 0. The van der Waals surface area contributed by atoms with Crippen LogP contribution in [0.15, 0.2) is 127 Å². The zero-order valence-corrected chi connectivity index (χ0v) is 35.2. The normalized spacial score (nSPS) is 13.2. The van der Waals surface area contributed by atoms with Crippen molar-refractivity contribution in [1.29, 1.82) is 0 Å². The van der Waals surface area contributed by atoms with E-state index < -0.39 is 0 Å². The molecular formula is C40H48Cl2Hf2. The van der Waals surface area contributed by atoms with Gasteiger partial charge in [-0.2, -0.15) is 79.1 Å². The molecule has 0 bridgehead atoms. The van der Waals surface area contributed by atoms with Crippen LogP contribution >= 0.6 is 0 Å². The molecule has 0 aromatic heterocycles. The molecule has 7 rings (SSSR count). The van der Waals surface area contributed by atoms with Crippen molar-refractivity contribution in [1.82, 2.24) is 0 Å². The van der Waals surface area contributed by atoms with E-state index in [1.165, 1.54) is 54.4 Å². The Labute approximate surface area is 320 Å². The second-order valence-electron chi connectivity index (χ2n) is 9.84. The molecule has 0 heterocycles. The van der Waals surface area contributed by atoms with Gasteiger partial charge < -0.3 is 38.7 Å². The van der Waals surface area contributed by atoms with Gasteiger partial charge in [-0.05, 0) is 18.8 Å². The van der Waals surface area contributed by atoms with E-state index in [2.05, 4.69) is 94.8 Å². The van der Waals surface area contributed by atoms with Crippen LogP contribution in [-0.2, 0) is 58.1 Å². The predicted octanol–water partition coefficient (Wildman–Crippen LogP) is 5.60. The van der Waals surface area contributed by atoms with Gasteiger partial charge in [-0.1, -0.05) is 68.5 Å². The molecular weight excluding hydrogens is 908 g/mol. The topological polar surface area (TPSA) is 0 Å². The molecule has 4 aromatic carbocycles. The van der Waals surface area contributed by atoms with Crippen molar-refractivity contribution < 1.29 is 76.5 Å². The second-order valence-corrected chi connectivity index (χ2v) is 9.84. The third kappa shape index (κ3) is 19.4. The monoisotopic (exact) mass is 958 g/mol. The van der Waals surface area contributed by atoms with Crippen molar-refractivity contribution >= 4 is 0 Å². The molecule has 3 aliphatic carbocycles. The van der Waals surface area contributed by atoms with Gasteiger partial charge in [0.1, 0.15) is 0 Å². The molecule has 0 nitrogen and oxygen atoms in total. The first-order valence-electron chi connectivity index (χ1n) is 14.9. The minimum atomic E-state index is 0. The zero-order chi connectivity index (χ0) is 28.7. The van der Waals surface area contributed by atoms with Crippen LogP contribution in [0.1, 0.15) is 69.9 Å². The molecule has 1 unspecified atom stereocenters. The fourth-order valence-electron chi connectivity index (χ4n) is 4.30. The Hall–Kier alpha value is -1.19. The summed E-state index contributed by atoms with van der Waals surface area (Å²) >= 11 is 0. The Morgan fingerprint density at radius 2 is 1.32 bits per heavy atom. The largest absolute Gasteiger partial charge is 4.00 e. The number of benzene rings is 2. The SMILES string of the molecule is C1=CCC2CC[CH-]C2=C1.[CH2-]CCC.[CH2-]CCC.[Cl-].[Cl-].[Hf+4].[Hf+4].[c-]1cccc2c1Cc1ccccc1-2.c1cc[cH-]c1.c1cc[cH-]c1. The standard InChI is InChI=1S/C13H9.C9H11.2C5H5.2C4H9.2ClH.2Hf/c1-3-7-12-10(5-1)9-11-6-2-4-8-13(11)12;1-2-5-9-7-3-6-8(9)4-1;2*1-2-4-5-3-1;2*1-3-4-2;;;;/h1-5,7-8H,9H2;1-2,4,6,9H,3,5,7H2;2*1-5H;2*1,3-4H2,2H3;2*1H;;/q6*-1;;;2*+4/p-2. The third-order valence-corrected chi connectivity index (χ3v) is 6.65.